The molecule has 0 atom stereocenters. The zero-order valence-electron chi connectivity index (χ0n) is 10.6. The van der Waals surface area contributed by atoms with Crippen LogP contribution in [0.2, 0.25) is 0 Å². The molecule has 0 fully saturated rings. The zero-order valence-corrected chi connectivity index (χ0v) is 10.6. The van der Waals surface area contributed by atoms with Gasteiger partial charge in [-0.25, -0.2) is 4.39 Å². The lowest BCUT2D eigenvalue weighted by molar-refractivity contribution is 0.412. The number of benzene rings is 2. The van der Waals surface area contributed by atoms with Gasteiger partial charge in [0.2, 0.25) is 0 Å². The first-order chi connectivity index (χ1) is 8.54. The molecule has 0 saturated heterocycles. The van der Waals surface area contributed by atoms with Crippen LogP contribution in [0, 0.1) is 19.7 Å². The van der Waals surface area contributed by atoms with E-state index >= 15 is 0 Å². The van der Waals surface area contributed by atoms with Crippen LogP contribution in [0.15, 0.2) is 30.3 Å². The third-order valence-corrected chi connectivity index (χ3v) is 3.14. The maximum Gasteiger partial charge on any atom is 0.165 e. The molecule has 0 saturated carbocycles. The predicted octanol–water partition coefficient (Wildman–Crippen LogP) is 3.82. The molecule has 0 aliphatic rings. The number of ether oxygens (including phenoxy) is 1. The van der Waals surface area contributed by atoms with E-state index in [1.54, 1.807) is 13.2 Å². The van der Waals surface area contributed by atoms with Crippen LogP contribution in [-0.4, -0.2) is 12.2 Å². The molecule has 0 amide bonds. The largest absolute Gasteiger partial charge is 0.505 e. The summed E-state index contributed by atoms with van der Waals surface area (Å²) in [5.74, 6) is -0.241. The maximum atomic E-state index is 13.4. The van der Waals surface area contributed by atoms with Crippen molar-refractivity contribution in [2.45, 2.75) is 13.8 Å². The summed E-state index contributed by atoms with van der Waals surface area (Å²) in [5, 5.41) is 9.21. The smallest absolute Gasteiger partial charge is 0.165 e. The number of phenolic OH excluding ortho intramolecular Hbond substituents is 1. The zero-order chi connectivity index (χ0) is 13.3. The summed E-state index contributed by atoms with van der Waals surface area (Å²) >= 11 is 0. The number of phenols is 1. The van der Waals surface area contributed by atoms with Gasteiger partial charge in [0, 0.05) is 5.56 Å². The summed E-state index contributed by atoms with van der Waals surface area (Å²) < 4.78 is 18.8. The summed E-state index contributed by atoms with van der Waals surface area (Å²) in [5.41, 5.74) is 3.66. The minimum Gasteiger partial charge on any atom is -0.505 e. The van der Waals surface area contributed by atoms with Gasteiger partial charge in [0.25, 0.3) is 0 Å². The quantitative estimate of drug-likeness (QED) is 0.872. The van der Waals surface area contributed by atoms with Crippen molar-refractivity contribution in [1.29, 1.82) is 0 Å². The van der Waals surface area contributed by atoms with Crippen molar-refractivity contribution in [1.82, 2.24) is 0 Å². The number of rotatable bonds is 2. The number of hydrogen-bond donors (Lipinski definition) is 1. The predicted molar refractivity (Wildman–Crippen MR) is 69.5 cm³/mol. The summed E-state index contributed by atoms with van der Waals surface area (Å²) in [6.45, 7) is 3.97. The molecular weight excluding hydrogens is 231 g/mol. The van der Waals surface area contributed by atoms with E-state index < -0.39 is 5.82 Å². The Balaban J connectivity index is 2.63. The van der Waals surface area contributed by atoms with Crippen molar-refractivity contribution >= 4 is 0 Å². The molecule has 0 heterocycles. The highest BCUT2D eigenvalue weighted by Gasteiger charge is 2.12. The first kappa shape index (κ1) is 12.4. The van der Waals surface area contributed by atoms with E-state index in [1.807, 2.05) is 26.0 Å². The molecule has 0 aliphatic carbocycles. The van der Waals surface area contributed by atoms with Crippen molar-refractivity contribution in [2.24, 2.45) is 0 Å². The molecule has 0 spiro atoms. The molecule has 1 N–H and O–H groups in total. The van der Waals surface area contributed by atoms with Gasteiger partial charge in [-0.05, 0) is 42.7 Å². The van der Waals surface area contributed by atoms with E-state index in [4.69, 9.17) is 4.74 Å². The highest BCUT2D eigenvalue weighted by Crippen LogP contribution is 2.35. The van der Waals surface area contributed by atoms with Gasteiger partial charge in [-0.1, -0.05) is 18.2 Å². The van der Waals surface area contributed by atoms with Crippen LogP contribution in [0.3, 0.4) is 0 Å². The van der Waals surface area contributed by atoms with Crippen molar-refractivity contribution in [2.75, 3.05) is 7.11 Å². The second-order valence-electron chi connectivity index (χ2n) is 4.25. The lowest BCUT2D eigenvalue weighted by Crippen LogP contribution is -1.94. The normalized spacial score (nSPS) is 10.4. The monoisotopic (exact) mass is 246 g/mol. The maximum absolute atomic E-state index is 13.4. The minimum atomic E-state index is -0.632. The number of aromatic hydroxyl groups is 1. The van der Waals surface area contributed by atoms with Crippen LogP contribution in [-0.2, 0) is 0 Å². The van der Waals surface area contributed by atoms with Gasteiger partial charge >= 0.3 is 0 Å². The highest BCUT2D eigenvalue weighted by atomic mass is 19.1. The van der Waals surface area contributed by atoms with Gasteiger partial charge in [-0.15, -0.1) is 0 Å². The molecular formula is C15H15FO2. The Labute approximate surface area is 106 Å². The average molecular weight is 246 g/mol. The summed E-state index contributed by atoms with van der Waals surface area (Å²) in [7, 11) is 1.60. The molecule has 2 rings (SSSR count). The van der Waals surface area contributed by atoms with E-state index in [-0.39, 0.29) is 5.75 Å². The average Bonchev–Trinajstić information content (AvgIpc) is 2.36. The van der Waals surface area contributed by atoms with Gasteiger partial charge in [0.15, 0.2) is 11.6 Å². The fourth-order valence-electron chi connectivity index (χ4n) is 1.95. The molecule has 3 heteroatoms. The van der Waals surface area contributed by atoms with Gasteiger partial charge in [-0.3, -0.25) is 0 Å². The SMILES string of the molecule is COc1c(-c2ccc(O)c(F)c2)ccc(C)c1C. The second kappa shape index (κ2) is 4.69. The first-order valence-corrected chi connectivity index (χ1v) is 5.67. The molecule has 0 bridgehead atoms. The molecule has 94 valence electrons. The first-order valence-electron chi connectivity index (χ1n) is 5.67. The van der Waals surface area contributed by atoms with Gasteiger partial charge < -0.3 is 9.84 Å². The molecule has 0 aromatic heterocycles. The van der Waals surface area contributed by atoms with Crippen LogP contribution in [0.1, 0.15) is 11.1 Å². The number of methoxy groups -OCH3 is 1. The molecule has 2 nitrogen and oxygen atoms in total. The van der Waals surface area contributed by atoms with Crippen LogP contribution in [0.25, 0.3) is 11.1 Å². The second-order valence-corrected chi connectivity index (χ2v) is 4.25. The van der Waals surface area contributed by atoms with Crippen LogP contribution < -0.4 is 4.74 Å². The Morgan fingerprint density at radius 1 is 1.11 bits per heavy atom. The number of hydrogen-bond acceptors (Lipinski definition) is 2. The third-order valence-electron chi connectivity index (χ3n) is 3.14. The minimum absolute atomic E-state index is 0.346. The molecule has 2 aromatic carbocycles. The van der Waals surface area contributed by atoms with Crippen molar-refractivity contribution in [3.05, 3.63) is 47.3 Å². The number of aryl methyl sites for hydroxylation is 1. The highest BCUT2D eigenvalue weighted by molar-refractivity contribution is 5.73. The molecule has 0 radical (unpaired) electrons. The fraction of sp³-hybridized carbons (Fsp3) is 0.200. The van der Waals surface area contributed by atoms with Gasteiger partial charge in [-0.2, -0.15) is 0 Å². The van der Waals surface area contributed by atoms with Gasteiger partial charge in [0.1, 0.15) is 5.75 Å². The van der Waals surface area contributed by atoms with Crippen molar-refractivity contribution < 1.29 is 14.2 Å². The Morgan fingerprint density at radius 2 is 1.83 bits per heavy atom. The van der Waals surface area contributed by atoms with Crippen LogP contribution in [0.5, 0.6) is 11.5 Å². The summed E-state index contributed by atoms with van der Waals surface area (Å²) in [4.78, 5) is 0. The third kappa shape index (κ3) is 2.04. The molecule has 0 unspecified atom stereocenters. The number of halogens is 1. The Hall–Kier alpha value is -2.03. The molecule has 0 aliphatic heterocycles. The summed E-state index contributed by atoms with van der Waals surface area (Å²) in [6, 6.07) is 8.19. The lowest BCUT2D eigenvalue weighted by Gasteiger charge is -2.13. The fourth-order valence-corrected chi connectivity index (χ4v) is 1.95. The Kier molecular flexibility index (Phi) is 3.24. The Bertz CT molecular complexity index is 591. The van der Waals surface area contributed by atoms with E-state index in [1.165, 1.54) is 12.1 Å². The van der Waals surface area contributed by atoms with Crippen molar-refractivity contribution in [3.8, 4) is 22.6 Å². The Morgan fingerprint density at radius 3 is 2.44 bits per heavy atom. The van der Waals surface area contributed by atoms with E-state index in [2.05, 4.69) is 0 Å². The molecule has 2 aromatic rings. The van der Waals surface area contributed by atoms with E-state index in [0.717, 1.165) is 22.4 Å². The van der Waals surface area contributed by atoms with Crippen LogP contribution in [0.4, 0.5) is 4.39 Å². The molecule has 18 heavy (non-hydrogen) atoms. The summed E-state index contributed by atoms with van der Waals surface area (Å²) in [6.07, 6.45) is 0. The lowest BCUT2D eigenvalue weighted by atomic mass is 9.98. The topological polar surface area (TPSA) is 29.5 Å². The van der Waals surface area contributed by atoms with E-state index in [9.17, 15) is 9.50 Å². The van der Waals surface area contributed by atoms with E-state index in [0.29, 0.717) is 5.56 Å². The van der Waals surface area contributed by atoms with Gasteiger partial charge in [0.05, 0.1) is 7.11 Å². The van der Waals surface area contributed by atoms with Crippen LogP contribution >= 0.6 is 0 Å². The van der Waals surface area contributed by atoms with Crippen molar-refractivity contribution in [3.63, 3.8) is 0 Å². The standard InChI is InChI=1S/C15H15FO2/c1-9-4-6-12(15(18-3)10(9)2)11-5-7-14(17)13(16)8-11/h4-8,17H,1-3H3.